The van der Waals surface area contributed by atoms with E-state index in [0.29, 0.717) is 17.9 Å². The van der Waals surface area contributed by atoms with Crippen LogP contribution >= 0.6 is 0 Å². The molecule has 1 nitrogen and oxygen atoms in total. The molecule has 2 aliphatic rings. The molecule has 1 N–H and O–H groups in total. The smallest absolute Gasteiger partial charge is 0.0566 e. The van der Waals surface area contributed by atoms with Gasteiger partial charge in [0.2, 0.25) is 0 Å². The summed E-state index contributed by atoms with van der Waals surface area (Å²) in [6.45, 7) is 4.48. The van der Waals surface area contributed by atoms with Crippen LogP contribution in [-0.2, 0) is 0 Å². The zero-order chi connectivity index (χ0) is 19.5. The van der Waals surface area contributed by atoms with Gasteiger partial charge in [0.15, 0.2) is 0 Å². The van der Waals surface area contributed by atoms with Crippen molar-refractivity contribution in [2.24, 2.45) is 5.92 Å². The summed E-state index contributed by atoms with van der Waals surface area (Å²) in [6.07, 6.45) is 5.97. The lowest BCUT2D eigenvalue weighted by atomic mass is 9.74. The third-order valence-electron chi connectivity index (χ3n) is 7.19. The molecule has 0 spiro atoms. The topological polar surface area (TPSA) is 12.0 Å². The van der Waals surface area contributed by atoms with E-state index in [-0.39, 0.29) is 0 Å². The van der Waals surface area contributed by atoms with Crippen molar-refractivity contribution in [2.75, 3.05) is 5.32 Å². The van der Waals surface area contributed by atoms with Crippen LogP contribution in [0.25, 0.3) is 21.5 Å². The van der Waals surface area contributed by atoms with Crippen LogP contribution in [0.3, 0.4) is 0 Å². The molecule has 0 radical (unpaired) electrons. The molecule has 0 saturated heterocycles. The molecule has 29 heavy (non-hydrogen) atoms. The summed E-state index contributed by atoms with van der Waals surface area (Å²) in [6, 6.07) is 25.0. The minimum atomic E-state index is 0.305. The van der Waals surface area contributed by atoms with Crippen LogP contribution in [-0.4, -0.2) is 0 Å². The average molecular weight is 376 g/mol. The van der Waals surface area contributed by atoms with Gasteiger partial charge >= 0.3 is 0 Å². The van der Waals surface area contributed by atoms with E-state index in [0.717, 1.165) is 6.42 Å². The summed E-state index contributed by atoms with van der Waals surface area (Å²) in [4.78, 5) is 0. The van der Waals surface area contributed by atoms with Crippen molar-refractivity contribution in [3.8, 4) is 0 Å². The first-order valence-corrected chi connectivity index (χ1v) is 10.7. The minimum Gasteiger partial charge on any atom is -0.377 e. The third kappa shape index (κ3) is 2.40. The molecule has 6 rings (SSSR count). The van der Waals surface area contributed by atoms with E-state index in [1.807, 2.05) is 0 Å². The Labute approximate surface area is 172 Å². The van der Waals surface area contributed by atoms with Crippen LogP contribution in [0.1, 0.15) is 40.6 Å². The zero-order valence-electron chi connectivity index (χ0n) is 16.9. The van der Waals surface area contributed by atoms with E-state index in [2.05, 4.69) is 98.0 Å². The van der Waals surface area contributed by atoms with Gasteiger partial charge in [0.25, 0.3) is 0 Å². The zero-order valence-corrected chi connectivity index (χ0v) is 16.9. The Bertz CT molecular complexity index is 1240. The predicted octanol–water partition coefficient (Wildman–Crippen LogP) is 7.44. The number of nitrogens with one attached hydrogen (secondary N) is 1. The molecule has 0 bridgehead atoms. The highest BCUT2D eigenvalue weighted by atomic mass is 15.0. The Kier molecular flexibility index (Phi) is 3.61. The molecule has 1 heteroatoms. The summed E-state index contributed by atoms with van der Waals surface area (Å²) in [5, 5.41) is 9.46. The summed E-state index contributed by atoms with van der Waals surface area (Å²) >= 11 is 0. The van der Waals surface area contributed by atoms with Gasteiger partial charge in [-0.1, -0.05) is 72.8 Å². The maximum atomic E-state index is 4.04. The van der Waals surface area contributed by atoms with Crippen molar-refractivity contribution in [1.29, 1.82) is 0 Å². The van der Waals surface area contributed by atoms with Gasteiger partial charge in [-0.3, -0.25) is 0 Å². The van der Waals surface area contributed by atoms with Crippen molar-refractivity contribution in [2.45, 2.75) is 32.2 Å². The van der Waals surface area contributed by atoms with Gasteiger partial charge in [0, 0.05) is 11.6 Å². The fraction of sp³-hybridized carbons (Fsp3) is 0.214. The van der Waals surface area contributed by atoms with Crippen molar-refractivity contribution >= 4 is 27.2 Å². The Hall–Kier alpha value is -3.06. The second-order valence-electron chi connectivity index (χ2n) is 8.68. The fourth-order valence-corrected chi connectivity index (χ4v) is 5.59. The van der Waals surface area contributed by atoms with Gasteiger partial charge in [-0.15, -0.1) is 0 Å². The van der Waals surface area contributed by atoms with Gasteiger partial charge in [-0.2, -0.15) is 0 Å². The van der Waals surface area contributed by atoms with Gasteiger partial charge in [-0.25, -0.2) is 0 Å². The molecule has 1 heterocycles. The molecule has 1 aliphatic heterocycles. The van der Waals surface area contributed by atoms with Crippen molar-refractivity contribution in [3.05, 3.63) is 101 Å². The molecule has 4 aromatic carbocycles. The monoisotopic (exact) mass is 375 g/mol. The molecular weight excluding hydrogens is 350 g/mol. The van der Waals surface area contributed by atoms with Crippen LogP contribution in [0.5, 0.6) is 0 Å². The first-order valence-electron chi connectivity index (χ1n) is 10.7. The highest BCUT2D eigenvalue weighted by Gasteiger charge is 2.39. The first-order chi connectivity index (χ1) is 14.2. The number of aryl methyl sites for hydroxylation is 1. The lowest BCUT2D eigenvalue weighted by molar-refractivity contribution is 0.428. The third-order valence-corrected chi connectivity index (χ3v) is 7.19. The number of hydrogen-bond donors (Lipinski definition) is 1. The minimum absolute atomic E-state index is 0.305. The van der Waals surface area contributed by atoms with E-state index < -0.39 is 0 Å². The molecule has 0 fully saturated rings. The molecule has 1 aliphatic carbocycles. The van der Waals surface area contributed by atoms with Gasteiger partial charge in [-0.05, 0) is 76.1 Å². The Morgan fingerprint density at radius 1 is 0.828 bits per heavy atom. The first kappa shape index (κ1) is 16.9. The maximum Gasteiger partial charge on any atom is 0.0566 e. The van der Waals surface area contributed by atoms with Crippen LogP contribution in [0.4, 0.5) is 5.69 Å². The largest absolute Gasteiger partial charge is 0.377 e. The number of benzene rings is 4. The predicted molar refractivity (Wildman–Crippen MR) is 124 cm³/mol. The van der Waals surface area contributed by atoms with Gasteiger partial charge in [0.05, 0.1) is 6.04 Å². The van der Waals surface area contributed by atoms with Crippen molar-refractivity contribution in [3.63, 3.8) is 0 Å². The lowest BCUT2D eigenvalue weighted by Gasteiger charge is -2.39. The van der Waals surface area contributed by atoms with Crippen LogP contribution in [0, 0.1) is 19.8 Å². The number of rotatable bonds is 1. The number of anilines is 1. The van der Waals surface area contributed by atoms with E-state index in [9.17, 15) is 0 Å². The van der Waals surface area contributed by atoms with E-state index in [4.69, 9.17) is 0 Å². The van der Waals surface area contributed by atoms with Crippen molar-refractivity contribution < 1.29 is 0 Å². The Balaban J connectivity index is 1.66. The summed E-state index contributed by atoms with van der Waals surface area (Å²) < 4.78 is 0. The van der Waals surface area contributed by atoms with Gasteiger partial charge in [0.1, 0.15) is 0 Å². The molecular formula is C28H25N. The highest BCUT2D eigenvalue weighted by Crippen LogP contribution is 2.52. The number of fused-ring (bicyclic) bond motifs is 5. The number of hydrogen-bond acceptors (Lipinski definition) is 1. The Morgan fingerprint density at radius 3 is 2.24 bits per heavy atom. The fourth-order valence-electron chi connectivity index (χ4n) is 5.59. The van der Waals surface area contributed by atoms with E-state index in [1.54, 1.807) is 0 Å². The Morgan fingerprint density at radius 2 is 1.52 bits per heavy atom. The van der Waals surface area contributed by atoms with Crippen molar-refractivity contribution in [1.82, 2.24) is 0 Å². The van der Waals surface area contributed by atoms with E-state index in [1.165, 1.54) is 49.5 Å². The van der Waals surface area contributed by atoms with Crippen LogP contribution in [0.15, 0.2) is 78.9 Å². The molecule has 142 valence electrons. The molecule has 0 unspecified atom stereocenters. The van der Waals surface area contributed by atoms with Crippen LogP contribution in [0.2, 0.25) is 0 Å². The standard InChI is InChI=1S/C28H25N/c1-17-14-15-25-23-12-7-13-24(23)28(29-27(25)18(17)2)26-21-10-5-3-8-19(21)16-20-9-4-6-11-22(20)26/h3-12,14-16,23-24,28-29H,13H2,1-2H3/t23-,24+,28-/m1/s1. The summed E-state index contributed by atoms with van der Waals surface area (Å²) in [5.41, 5.74) is 7.02. The second kappa shape index (κ2) is 6.22. The summed E-state index contributed by atoms with van der Waals surface area (Å²) in [7, 11) is 0. The lowest BCUT2D eigenvalue weighted by Crippen LogP contribution is -2.30. The van der Waals surface area contributed by atoms with Gasteiger partial charge < -0.3 is 5.32 Å². The summed E-state index contributed by atoms with van der Waals surface area (Å²) in [5.74, 6) is 1.05. The molecule has 3 atom stereocenters. The van der Waals surface area contributed by atoms with E-state index >= 15 is 0 Å². The quantitative estimate of drug-likeness (QED) is 0.269. The molecule has 4 aromatic rings. The molecule has 0 saturated carbocycles. The maximum absolute atomic E-state index is 4.04. The highest BCUT2D eigenvalue weighted by molar-refractivity contribution is 6.03. The second-order valence-corrected chi connectivity index (χ2v) is 8.68. The van der Waals surface area contributed by atoms with Crippen LogP contribution < -0.4 is 5.32 Å². The number of allylic oxidation sites excluding steroid dienone is 2. The SMILES string of the molecule is Cc1ccc2c(c1C)N[C@@H](c1c3ccccc3cc3ccccc13)[C@H]1CC=C[C@@H]21. The molecule has 0 aromatic heterocycles. The molecule has 0 amide bonds. The average Bonchev–Trinajstić information content (AvgIpc) is 3.24. The normalized spacial score (nSPS) is 22.5.